The lowest BCUT2D eigenvalue weighted by atomic mass is 9.88. The molecule has 0 fully saturated rings. The molecule has 2 aromatic carbocycles. The van der Waals surface area contributed by atoms with Gasteiger partial charge in [-0.2, -0.15) is 5.26 Å². The smallest absolute Gasteiger partial charge is 0.147 e. The van der Waals surface area contributed by atoms with Crippen LogP contribution in [0.1, 0.15) is 29.0 Å². The third kappa shape index (κ3) is 2.47. The summed E-state index contributed by atoms with van der Waals surface area (Å²) in [6.45, 7) is 0.0114. The van der Waals surface area contributed by atoms with Gasteiger partial charge >= 0.3 is 0 Å². The van der Waals surface area contributed by atoms with E-state index in [4.69, 9.17) is 5.26 Å². The van der Waals surface area contributed by atoms with E-state index in [0.717, 1.165) is 11.1 Å². The van der Waals surface area contributed by atoms with Crippen molar-refractivity contribution in [3.05, 3.63) is 71.2 Å². The van der Waals surface area contributed by atoms with Crippen molar-refractivity contribution in [3.63, 3.8) is 0 Å². The van der Waals surface area contributed by atoms with Crippen LogP contribution in [-0.2, 0) is 0 Å². The Kier molecular flexibility index (Phi) is 3.90. The predicted octanol–water partition coefficient (Wildman–Crippen LogP) is 3.69. The van der Waals surface area contributed by atoms with Crippen LogP contribution in [0.4, 0.5) is 4.39 Å². The minimum atomic E-state index is -0.382. The van der Waals surface area contributed by atoms with Gasteiger partial charge in [0.05, 0.1) is 11.1 Å². The third-order valence-corrected chi connectivity index (χ3v) is 3.91. The minimum Gasteiger partial charge on any atom is -0.396 e. The first-order valence-corrected chi connectivity index (χ1v) is 7.11. The molecule has 0 radical (unpaired) electrons. The highest BCUT2D eigenvalue weighted by Gasteiger charge is 2.17. The van der Waals surface area contributed by atoms with Crippen molar-refractivity contribution in [2.75, 3.05) is 6.61 Å². The number of hydrogen-bond donors (Lipinski definition) is 2. The fraction of sp³-hybridized carbons (Fsp3) is 0.167. The lowest BCUT2D eigenvalue weighted by Crippen LogP contribution is -2.04. The summed E-state index contributed by atoms with van der Waals surface area (Å²) in [5.74, 6) is -0.487. The molecule has 1 unspecified atom stereocenters. The first kappa shape index (κ1) is 14.3. The van der Waals surface area contributed by atoms with Crippen LogP contribution in [-0.4, -0.2) is 16.7 Å². The Morgan fingerprint density at radius 1 is 1.18 bits per heavy atom. The van der Waals surface area contributed by atoms with E-state index < -0.39 is 0 Å². The van der Waals surface area contributed by atoms with Gasteiger partial charge < -0.3 is 10.1 Å². The van der Waals surface area contributed by atoms with Crippen molar-refractivity contribution < 1.29 is 9.50 Å². The van der Waals surface area contributed by atoms with Gasteiger partial charge in [-0.05, 0) is 29.7 Å². The van der Waals surface area contributed by atoms with E-state index in [0.29, 0.717) is 22.9 Å². The summed E-state index contributed by atoms with van der Waals surface area (Å²) in [6.07, 6.45) is 2.02. The molecule has 1 aromatic heterocycles. The fourth-order valence-corrected chi connectivity index (χ4v) is 2.84. The number of benzene rings is 2. The maximum atomic E-state index is 14.3. The molecule has 0 saturated carbocycles. The number of H-pyrrole nitrogens is 1. The Balaban J connectivity index is 2.16. The van der Waals surface area contributed by atoms with Crippen LogP contribution in [0.25, 0.3) is 10.9 Å². The van der Waals surface area contributed by atoms with Gasteiger partial charge in [0.15, 0.2) is 0 Å². The van der Waals surface area contributed by atoms with E-state index in [1.165, 1.54) is 12.3 Å². The Hall–Kier alpha value is -2.64. The zero-order valence-electron chi connectivity index (χ0n) is 11.9. The quantitative estimate of drug-likeness (QED) is 0.771. The molecule has 3 rings (SSSR count). The number of nitrogens with one attached hydrogen (secondary N) is 1. The van der Waals surface area contributed by atoms with E-state index in [1.807, 2.05) is 36.4 Å². The van der Waals surface area contributed by atoms with Gasteiger partial charge in [-0.15, -0.1) is 0 Å². The fourth-order valence-electron chi connectivity index (χ4n) is 2.84. The number of aliphatic hydroxyl groups is 1. The summed E-state index contributed by atoms with van der Waals surface area (Å²) in [5.41, 5.74) is 2.55. The molecule has 4 heteroatoms. The molecule has 3 aromatic rings. The average Bonchev–Trinajstić information content (AvgIpc) is 2.97. The van der Waals surface area contributed by atoms with Crippen molar-refractivity contribution in [3.8, 4) is 6.07 Å². The van der Waals surface area contributed by atoms with Gasteiger partial charge in [0.1, 0.15) is 11.9 Å². The van der Waals surface area contributed by atoms with E-state index in [1.54, 1.807) is 0 Å². The highest BCUT2D eigenvalue weighted by atomic mass is 19.1. The molecule has 0 spiro atoms. The number of aliphatic hydroxyl groups excluding tert-OH is 1. The van der Waals surface area contributed by atoms with Crippen LogP contribution in [0.3, 0.4) is 0 Å². The lowest BCUT2D eigenvalue weighted by Gasteiger charge is -2.17. The SMILES string of the molecule is N#Cc1c[nH]c2c(F)cc(C(CCO)c3ccccc3)cc12. The molecule has 1 heterocycles. The van der Waals surface area contributed by atoms with Crippen molar-refractivity contribution in [2.45, 2.75) is 12.3 Å². The molecule has 1 atom stereocenters. The second-order valence-corrected chi connectivity index (χ2v) is 5.21. The molecule has 0 aliphatic heterocycles. The highest BCUT2D eigenvalue weighted by molar-refractivity contribution is 5.87. The van der Waals surface area contributed by atoms with Crippen molar-refractivity contribution in [1.82, 2.24) is 4.98 Å². The molecule has 110 valence electrons. The third-order valence-electron chi connectivity index (χ3n) is 3.91. The lowest BCUT2D eigenvalue weighted by molar-refractivity contribution is 0.281. The van der Waals surface area contributed by atoms with Crippen LogP contribution in [0, 0.1) is 17.1 Å². The first-order valence-electron chi connectivity index (χ1n) is 7.11. The van der Waals surface area contributed by atoms with Crippen molar-refractivity contribution >= 4 is 10.9 Å². The van der Waals surface area contributed by atoms with Gasteiger partial charge in [-0.3, -0.25) is 0 Å². The maximum absolute atomic E-state index is 14.3. The molecule has 0 aliphatic carbocycles. The number of halogens is 1. The molecule has 2 N–H and O–H groups in total. The molecular formula is C18H15FN2O. The minimum absolute atomic E-state index is 0.0114. The Morgan fingerprint density at radius 2 is 1.95 bits per heavy atom. The van der Waals surface area contributed by atoms with Crippen LogP contribution in [0.5, 0.6) is 0 Å². The van der Waals surface area contributed by atoms with Gasteiger partial charge in [-0.1, -0.05) is 30.3 Å². The zero-order chi connectivity index (χ0) is 15.5. The average molecular weight is 294 g/mol. The van der Waals surface area contributed by atoms with Crippen LogP contribution < -0.4 is 0 Å². The number of aromatic nitrogens is 1. The summed E-state index contributed by atoms with van der Waals surface area (Å²) >= 11 is 0. The standard InChI is InChI=1S/C18H15FN2O/c19-17-9-13(8-16-14(10-20)11-21-18(16)17)15(6-7-22)12-4-2-1-3-5-12/h1-5,8-9,11,15,21-22H,6-7H2. The maximum Gasteiger partial charge on any atom is 0.147 e. The summed E-state index contributed by atoms with van der Waals surface area (Å²) in [7, 11) is 0. The topological polar surface area (TPSA) is 59.8 Å². The molecular weight excluding hydrogens is 279 g/mol. The molecule has 3 nitrogen and oxygen atoms in total. The Labute approximate surface area is 127 Å². The van der Waals surface area contributed by atoms with Gasteiger partial charge in [-0.25, -0.2) is 4.39 Å². The zero-order valence-corrected chi connectivity index (χ0v) is 11.9. The van der Waals surface area contributed by atoms with E-state index >= 15 is 0 Å². The van der Waals surface area contributed by atoms with Crippen LogP contribution in [0.15, 0.2) is 48.7 Å². The van der Waals surface area contributed by atoms with Crippen molar-refractivity contribution in [1.29, 1.82) is 5.26 Å². The van der Waals surface area contributed by atoms with Crippen LogP contribution in [0.2, 0.25) is 0 Å². The summed E-state index contributed by atoms with van der Waals surface area (Å²) in [5, 5.41) is 19.1. The molecule has 0 bridgehead atoms. The normalized spacial score (nSPS) is 12.2. The number of rotatable bonds is 4. The van der Waals surface area contributed by atoms with Gasteiger partial charge in [0.25, 0.3) is 0 Å². The second-order valence-electron chi connectivity index (χ2n) is 5.21. The second kappa shape index (κ2) is 6.00. The monoisotopic (exact) mass is 294 g/mol. The summed E-state index contributed by atoms with van der Waals surface area (Å²) < 4.78 is 14.3. The van der Waals surface area contributed by atoms with Gasteiger partial charge in [0, 0.05) is 24.1 Å². The van der Waals surface area contributed by atoms with E-state index in [2.05, 4.69) is 11.1 Å². The highest BCUT2D eigenvalue weighted by Crippen LogP contribution is 2.32. The van der Waals surface area contributed by atoms with Crippen molar-refractivity contribution in [2.24, 2.45) is 0 Å². The van der Waals surface area contributed by atoms with Crippen LogP contribution >= 0.6 is 0 Å². The number of aromatic amines is 1. The number of hydrogen-bond acceptors (Lipinski definition) is 2. The summed E-state index contributed by atoms with van der Waals surface area (Å²) in [4.78, 5) is 2.80. The number of nitriles is 1. The number of fused-ring (bicyclic) bond motifs is 1. The molecule has 0 saturated heterocycles. The predicted molar refractivity (Wildman–Crippen MR) is 83.0 cm³/mol. The number of nitrogens with zero attached hydrogens (tertiary/aromatic N) is 1. The largest absolute Gasteiger partial charge is 0.396 e. The summed E-state index contributed by atoms with van der Waals surface area (Å²) in [6, 6.07) is 15.1. The first-order chi connectivity index (χ1) is 10.7. The molecule has 0 aliphatic rings. The van der Waals surface area contributed by atoms with E-state index in [-0.39, 0.29) is 18.3 Å². The van der Waals surface area contributed by atoms with E-state index in [9.17, 15) is 9.50 Å². The van der Waals surface area contributed by atoms with Gasteiger partial charge in [0.2, 0.25) is 0 Å². The molecule has 22 heavy (non-hydrogen) atoms. The Morgan fingerprint density at radius 3 is 2.64 bits per heavy atom. The Bertz CT molecular complexity index is 833. The molecule has 0 amide bonds.